The van der Waals surface area contributed by atoms with E-state index in [1.165, 1.54) is 13.2 Å². The van der Waals surface area contributed by atoms with E-state index in [0.29, 0.717) is 4.47 Å². The Kier molecular flexibility index (Phi) is 6.39. The fourth-order valence-corrected chi connectivity index (χ4v) is 3.36. The molecule has 1 aromatic rings. The van der Waals surface area contributed by atoms with Crippen molar-refractivity contribution in [3.63, 3.8) is 0 Å². The molecule has 0 radical (unpaired) electrons. The minimum atomic E-state index is -3.78. The molecule has 8 heteroatoms. The average molecular weight is 394 g/mol. The molecule has 0 aromatic heterocycles. The Labute approximate surface area is 139 Å². The number of esters is 1. The van der Waals surface area contributed by atoms with Crippen molar-refractivity contribution in [1.82, 2.24) is 4.72 Å². The molecule has 0 spiro atoms. The fourth-order valence-electron chi connectivity index (χ4n) is 1.62. The van der Waals surface area contributed by atoms with Crippen molar-refractivity contribution in [3.8, 4) is 5.75 Å². The zero-order valence-corrected chi connectivity index (χ0v) is 15.4. The summed E-state index contributed by atoms with van der Waals surface area (Å²) in [5, 5.41) is 0. The van der Waals surface area contributed by atoms with Gasteiger partial charge in [0, 0.05) is 11.0 Å². The first-order valence-electron chi connectivity index (χ1n) is 6.60. The van der Waals surface area contributed by atoms with E-state index in [-0.39, 0.29) is 23.6 Å². The molecule has 0 aliphatic rings. The van der Waals surface area contributed by atoms with Crippen molar-refractivity contribution < 1.29 is 22.7 Å². The van der Waals surface area contributed by atoms with Gasteiger partial charge >= 0.3 is 5.97 Å². The van der Waals surface area contributed by atoms with E-state index < -0.39 is 21.6 Å². The highest BCUT2D eigenvalue weighted by Crippen LogP contribution is 2.27. The molecule has 6 nitrogen and oxygen atoms in total. The maximum absolute atomic E-state index is 12.3. The predicted molar refractivity (Wildman–Crippen MR) is 86.3 cm³/mol. The van der Waals surface area contributed by atoms with Gasteiger partial charge in [-0.3, -0.25) is 4.79 Å². The zero-order valence-electron chi connectivity index (χ0n) is 13.0. The van der Waals surface area contributed by atoms with Crippen LogP contribution in [0.2, 0.25) is 0 Å². The molecule has 0 saturated carbocycles. The summed E-state index contributed by atoms with van der Waals surface area (Å²) in [6, 6.07) is 4.67. The summed E-state index contributed by atoms with van der Waals surface area (Å²) in [5.74, 6) is -0.232. The molecule has 0 saturated heterocycles. The second-order valence-electron chi connectivity index (χ2n) is 5.53. The van der Waals surface area contributed by atoms with Crippen LogP contribution in [0.15, 0.2) is 27.6 Å². The molecule has 0 fully saturated rings. The summed E-state index contributed by atoms with van der Waals surface area (Å²) in [6.07, 6.45) is -0.0488. The molecular formula is C14H20BrNO5S. The molecule has 0 aliphatic carbocycles. The second kappa shape index (κ2) is 7.43. The van der Waals surface area contributed by atoms with E-state index in [1.807, 2.05) is 0 Å². The third kappa shape index (κ3) is 5.94. The van der Waals surface area contributed by atoms with Gasteiger partial charge in [-0.05, 0) is 39.0 Å². The van der Waals surface area contributed by atoms with Gasteiger partial charge in [-0.2, -0.15) is 0 Å². The lowest BCUT2D eigenvalue weighted by Gasteiger charge is -2.19. The molecule has 1 aromatic carbocycles. The predicted octanol–water partition coefficient (Wildman–Crippen LogP) is 2.47. The van der Waals surface area contributed by atoms with Crippen molar-refractivity contribution >= 4 is 31.9 Å². The number of halogens is 1. The minimum Gasteiger partial charge on any atom is -0.495 e. The molecule has 0 amide bonds. The zero-order chi connectivity index (χ0) is 17.0. The van der Waals surface area contributed by atoms with Crippen molar-refractivity contribution in [2.45, 2.75) is 37.7 Å². The number of carbonyl (C=O) groups excluding carboxylic acids is 1. The molecule has 0 bridgehead atoms. The van der Waals surface area contributed by atoms with Gasteiger partial charge < -0.3 is 9.47 Å². The average Bonchev–Trinajstić information content (AvgIpc) is 2.36. The van der Waals surface area contributed by atoms with Gasteiger partial charge in [0.05, 0.1) is 13.5 Å². The number of methoxy groups -OCH3 is 1. The standard InChI is InChI=1S/C14H20BrNO5S/c1-14(2,3)21-13(17)7-8-16-22(18,19)12-9-10(15)5-6-11(12)20-4/h5-6,9,16H,7-8H2,1-4H3. The lowest BCUT2D eigenvalue weighted by Crippen LogP contribution is -2.29. The summed E-state index contributed by atoms with van der Waals surface area (Å²) >= 11 is 3.22. The Morgan fingerprint density at radius 2 is 1.95 bits per heavy atom. The van der Waals surface area contributed by atoms with Crippen LogP contribution in [0.5, 0.6) is 5.75 Å². The highest BCUT2D eigenvalue weighted by molar-refractivity contribution is 9.10. The van der Waals surface area contributed by atoms with Crippen molar-refractivity contribution in [2.24, 2.45) is 0 Å². The first-order valence-corrected chi connectivity index (χ1v) is 8.88. The van der Waals surface area contributed by atoms with Crippen molar-refractivity contribution in [2.75, 3.05) is 13.7 Å². The van der Waals surface area contributed by atoms with Crippen LogP contribution in [-0.4, -0.2) is 33.6 Å². The van der Waals surface area contributed by atoms with Crippen molar-refractivity contribution in [3.05, 3.63) is 22.7 Å². The summed E-state index contributed by atoms with van der Waals surface area (Å²) in [6.45, 7) is 5.21. The van der Waals surface area contributed by atoms with Crippen LogP contribution in [0.4, 0.5) is 0 Å². The Balaban J connectivity index is 2.73. The molecule has 1 rings (SSSR count). The van der Waals surface area contributed by atoms with Gasteiger partial charge in [0.25, 0.3) is 0 Å². The molecule has 1 N–H and O–H groups in total. The maximum Gasteiger partial charge on any atom is 0.307 e. The van der Waals surface area contributed by atoms with Crippen LogP contribution in [0.3, 0.4) is 0 Å². The topological polar surface area (TPSA) is 81.7 Å². The Bertz CT molecular complexity index is 637. The van der Waals surface area contributed by atoms with Gasteiger partial charge in [0.1, 0.15) is 16.2 Å². The molecule has 0 unspecified atom stereocenters. The van der Waals surface area contributed by atoms with E-state index in [9.17, 15) is 13.2 Å². The van der Waals surface area contributed by atoms with E-state index in [1.54, 1.807) is 32.9 Å². The third-order valence-corrected chi connectivity index (χ3v) is 4.43. The van der Waals surface area contributed by atoms with E-state index >= 15 is 0 Å². The SMILES string of the molecule is COc1ccc(Br)cc1S(=O)(=O)NCCC(=O)OC(C)(C)C. The Morgan fingerprint density at radius 1 is 1.32 bits per heavy atom. The summed E-state index contributed by atoms with van der Waals surface area (Å²) in [7, 11) is -2.39. The summed E-state index contributed by atoms with van der Waals surface area (Å²) < 4.78 is 37.7. The van der Waals surface area contributed by atoms with Crippen LogP contribution >= 0.6 is 15.9 Å². The van der Waals surface area contributed by atoms with Gasteiger partial charge in [-0.1, -0.05) is 15.9 Å². The number of ether oxygens (including phenoxy) is 2. The number of carbonyl (C=O) groups is 1. The van der Waals surface area contributed by atoms with Gasteiger partial charge in [-0.15, -0.1) is 0 Å². The highest BCUT2D eigenvalue weighted by Gasteiger charge is 2.21. The normalized spacial score (nSPS) is 12.0. The van der Waals surface area contributed by atoms with Gasteiger partial charge in [0.15, 0.2) is 0 Å². The number of hydrogen-bond acceptors (Lipinski definition) is 5. The second-order valence-corrected chi connectivity index (χ2v) is 8.18. The van der Waals surface area contributed by atoms with Crippen LogP contribution in [0.1, 0.15) is 27.2 Å². The van der Waals surface area contributed by atoms with E-state index in [4.69, 9.17) is 9.47 Å². The van der Waals surface area contributed by atoms with Crippen LogP contribution in [-0.2, 0) is 19.6 Å². The molecule has 0 aliphatic heterocycles. The maximum atomic E-state index is 12.3. The molecule has 0 heterocycles. The Morgan fingerprint density at radius 3 is 2.50 bits per heavy atom. The van der Waals surface area contributed by atoms with Crippen LogP contribution in [0, 0.1) is 0 Å². The summed E-state index contributed by atoms with van der Waals surface area (Å²) in [4.78, 5) is 11.6. The summed E-state index contributed by atoms with van der Waals surface area (Å²) in [5.41, 5.74) is -0.594. The van der Waals surface area contributed by atoms with Gasteiger partial charge in [-0.25, -0.2) is 13.1 Å². The quantitative estimate of drug-likeness (QED) is 0.750. The molecule has 124 valence electrons. The number of hydrogen-bond donors (Lipinski definition) is 1. The number of sulfonamides is 1. The molecule has 0 atom stereocenters. The highest BCUT2D eigenvalue weighted by atomic mass is 79.9. The van der Waals surface area contributed by atoms with Crippen molar-refractivity contribution in [1.29, 1.82) is 0 Å². The van der Waals surface area contributed by atoms with E-state index in [2.05, 4.69) is 20.7 Å². The first kappa shape index (κ1) is 18.9. The minimum absolute atomic E-state index is 0.00793. The fraction of sp³-hybridized carbons (Fsp3) is 0.500. The molecular weight excluding hydrogens is 374 g/mol. The lowest BCUT2D eigenvalue weighted by atomic mass is 10.2. The monoisotopic (exact) mass is 393 g/mol. The largest absolute Gasteiger partial charge is 0.495 e. The lowest BCUT2D eigenvalue weighted by molar-refractivity contribution is -0.154. The first-order chi connectivity index (χ1) is 10.0. The molecule has 22 heavy (non-hydrogen) atoms. The number of nitrogens with one attached hydrogen (secondary N) is 1. The number of benzene rings is 1. The van der Waals surface area contributed by atoms with Gasteiger partial charge in [0.2, 0.25) is 10.0 Å². The van der Waals surface area contributed by atoms with Crippen LogP contribution < -0.4 is 9.46 Å². The number of rotatable bonds is 6. The third-order valence-electron chi connectivity index (χ3n) is 2.46. The Hall–Kier alpha value is -1.12. The van der Waals surface area contributed by atoms with Crippen LogP contribution in [0.25, 0.3) is 0 Å². The smallest absolute Gasteiger partial charge is 0.307 e. The van der Waals surface area contributed by atoms with E-state index in [0.717, 1.165) is 0 Å².